The van der Waals surface area contributed by atoms with E-state index in [1.165, 1.54) is 109 Å². The number of benzene rings is 10. The Labute approximate surface area is 647 Å². The minimum Gasteiger partial charge on any atom is -0.459 e. The van der Waals surface area contributed by atoms with Crippen molar-refractivity contribution in [3.63, 3.8) is 0 Å². The molecule has 3 aliphatic heterocycles. The van der Waals surface area contributed by atoms with Gasteiger partial charge in [0.25, 0.3) is 0 Å². The number of carbonyl (C=O) groups is 9. The second-order valence-electron chi connectivity index (χ2n) is 25.9. The van der Waals surface area contributed by atoms with E-state index < -0.39 is 166 Å². The van der Waals surface area contributed by atoms with Crippen LogP contribution in [-0.2, 0) is 77.7 Å². The second kappa shape index (κ2) is 38.2. The van der Waals surface area contributed by atoms with Gasteiger partial charge in [-0.05, 0) is 115 Å². The summed E-state index contributed by atoms with van der Waals surface area (Å²) in [6, 6.07) is 78.1. The fourth-order valence-electron chi connectivity index (χ4n) is 12.6. The van der Waals surface area contributed by atoms with Crippen LogP contribution >= 0.6 is 0 Å². The predicted molar refractivity (Wildman–Crippen MR) is 397 cm³/mol. The van der Waals surface area contributed by atoms with Gasteiger partial charge in [-0.25, -0.2) is 43.2 Å². The zero-order valence-electron chi connectivity index (χ0n) is 60.1. The number of hydrogen-bond donors (Lipinski definition) is 1. The van der Waals surface area contributed by atoms with Crippen molar-refractivity contribution in [2.24, 2.45) is 0 Å². The summed E-state index contributed by atoms with van der Waals surface area (Å²) in [5.74, 6) is -8.95. The van der Waals surface area contributed by atoms with E-state index in [9.17, 15) is 48.3 Å². The lowest BCUT2D eigenvalue weighted by Crippen LogP contribution is -2.65. The van der Waals surface area contributed by atoms with E-state index in [1.807, 2.05) is 0 Å². The van der Waals surface area contributed by atoms with Crippen LogP contribution in [0.25, 0.3) is 0 Å². The van der Waals surface area contributed by atoms with Crippen molar-refractivity contribution in [1.82, 2.24) is 0 Å². The molecular weight excluding hydrogens is 1460 g/mol. The van der Waals surface area contributed by atoms with Gasteiger partial charge in [-0.3, -0.25) is 0 Å². The van der Waals surface area contributed by atoms with Crippen molar-refractivity contribution in [2.45, 2.75) is 98.7 Å². The first-order chi connectivity index (χ1) is 55.2. The summed E-state index contributed by atoms with van der Waals surface area (Å²) in [4.78, 5) is 131. The van der Waals surface area contributed by atoms with Gasteiger partial charge in [0.2, 0.25) is 0 Å². The third-order valence-electron chi connectivity index (χ3n) is 18.3. The van der Waals surface area contributed by atoms with E-state index in [0.29, 0.717) is 5.56 Å². The van der Waals surface area contributed by atoms with Crippen LogP contribution in [0.2, 0.25) is 0 Å². The van der Waals surface area contributed by atoms with Gasteiger partial charge in [0.1, 0.15) is 31.0 Å². The molecule has 1 N–H and O–H groups in total. The molecule has 113 heavy (non-hydrogen) atoms. The number of aliphatic hydroxyl groups is 1. The molecular formula is C88H74O25. The largest absolute Gasteiger partial charge is 0.459 e. The zero-order chi connectivity index (χ0) is 78.4. The number of rotatable bonds is 28. The molecule has 576 valence electrons. The molecule has 0 bridgehead atoms. The van der Waals surface area contributed by atoms with Crippen LogP contribution in [0.3, 0.4) is 0 Å². The number of ether oxygens (including phenoxy) is 15. The van der Waals surface area contributed by atoms with Crippen molar-refractivity contribution in [3.05, 3.63) is 359 Å². The Morgan fingerprint density at radius 3 is 0.743 bits per heavy atom. The zero-order valence-corrected chi connectivity index (χ0v) is 60.1. The number of carbonyl (C=O) groups excluding carboxylic acids is 9. The lowest BCUT2D eigenvalue weighted by atomic mass is 9.96. The van der Waals surface area contributed by atoms with Gasteiger partial charge < -0.3 is 76.2 Å². The first-order valence-corrected chi connectivity index (χ1v) is 36.0. The van der Waals surface area contributed by atoms with Gasteiger partial charge in [0.05, 0.1) is 69.9 Å². The Bertz CT molecular complexity index is 4810. The highest BCUT2D eigenvalue weighted by atomic mass is 16.8. The third kappa shape index (κ3) is 20.2. The fourth-order valence-corrected chi connectivity index (χ4v) is 12.6. The van der Waals surface area contributed by atoms with Gasteiger partial charge in [0.15, 0.2) is 67.7 Å². The Kier molecular flexibility index (Phi) is 26.5. The third-order valence-corrected chi connectivity index (χ3v) is 18.3. The average molecular weight is 1530 g/mol. The second-order valence-corrected chi connectivity index (χ2v) is 25.9. The Balaban J connectivity index is 0.910. The fraction of sp³-hybridized carbons (Fsp3) is 0.216. The maximum atomic E-state index is 14.7. The molecule has 3 aliphatic rings. The van der Waals surface area contributed by atoms with Crippen molar-refractivity contribution in [1.29, 1.82) is 0 Å². The molecule has 3 heterocycles. The smallest absolute Gasteiger partial charge is 0.338 e. The number of aliphatic hydroxyl groups excluding tert-OH is 1. The molecule has 0 aromatic heterocycles. The van der Waals surface area contributed by atoms with Crippen LogP contribution in [0.4, 0.5) is 0 Å². The molecule has 25 heteroatoms. The standard InChI is InChI=1S/C88H74O25/c89-68-72(109-81(94)60-41-21-6-22-42-60)69(106-78(91)57-35-15-3-16-36-57)66(54-102-88-76(113-85(98)64-49-29-10-30-50-64)73(110-82(95)61-43-23-7-24-44-61)70(107-79(92)58-37-17-4-18-38-58)65(104-88)52-99-77(90)56-33-13-2-14-34-56)103-86(68)101-53-67-71(108-80(93)59-39-19-5-20-40-59)74(111-83(96)62-45-25-8-26-46-62)75(112-84(97)63-47-27-9-28-48-63)87(105-67)100-51-55-31-11-1-12-32-55/h1-50,65-76,86-89H,51-54H2/t65-,66-,67-,68-,69+,70+,71+,72-,73+,74+,75-,76-,86-,87-,88-/m1/s1. The van der Waals surface area contributed by atoms with E-state index in [0.717, 1.165) is 0 Å². The van der Waals surface area contributed by atoms with E-state index in [2.05, 4.69) is 0 Å². The van der Waals surface area contributed by atoms with Crippen LogP contribution < -0.4 is 0 Å². The maximum Gasteiger partial charge on any atom is 0.338 e. The molecule has 3 saturated heterocycles. The van der Waals surface area contributed by atoms with Crippen molar-refractivity contribution in [2.75, 3.05) is 19.8 Å². The molecule has 3 fully saturated rings. The summed E-state index contributed by atoms with van der Waals surface area (Å²) >= 11 is 0. The lowest BCUT2D eigenvalue weighted by molar-refractivity contribution is -0.340. The summed E-state index contributed by atoms with van der Waals surface area (Å²) in [6.07, 6.45) is -28.5. The van der Waals surface area contributed by atoms with Gasteiger partial charge in [0, 0.05) is 0 Å². The molecule has 13 rings (SSSR count). The van der Waals surface area contributed by atoms with Crippen LogP contribution in [-0.4, -0.2) is 171 Å². The summed E-state index contributed by atoms with van der Waals surface area (Å²) in [5.41, 5.74) is 0.681. The molecule has 0 amide bonds. The Hall–Kier alpha value is -12.9. The summed E-state index contributed by atoms with van der Waals surface area (Å²) < 4.78 is 96.6. The quantitative estimate of drug-likeness (QED) is 0.0352. The van der Waals surface area contributed by atoms with Crippen LogP contribution in [0.1, 0.15) is 98.8 Å². The average Bonchev–Trinajstić information content (AvgIpc) is 0.777. The summed E-state index contributed by atoms with van der Waals surface area (Å²) in [6.45, 7) is -2.79. The van der Waals surface area contributed by atoms with E-state index >= 15 is 0 Å². The van der Waals surface area contributed by atoms with Gasteiger partial charge in [-0.2, -0.15) is 0 Å². The van der Waals surface area contributed by atoms with E-state index in [1.54, 1.807) is 194 Å². The molecule has 0 aliphatic carbocycles. The molecule has 0 saturated carbocycles. The van der Waals surface area contributed by atoms with Crippen LogP contribution in [0.5, 0.6) is 0 Å². The molecule has 10 aromatic carbocycles. The van der Waals surface area contributed by atoms with Crippen LogP contribution in [0.15, 0.2) is 303 Å². The molecule has 0 radical (unpaired) electrons. The van der Waals surface area contributed by atoms with Gasteiger partial charge in [-0.1, -0.05) is 194 Å². The van der Waals surface area contributed by atoms with Crippen molar-refractivity contribution >= 4 is 53.7 Å². The van der Waals surface area contributed by atoms with Crippen LogP contribution in [0, 0.1) is 0 Å². The van der Waals surface area contributed by atoms with Crippen molar-refractivity contribution in [3.8, 4) is 0 Å². The molecule has 10 aromatic rings. The molecule has 0 spiro atoms. The Morgan fingerprint density at radius 1 is 0.230 bits per heavy atom. The highest BCUT2D eigenvalue weighted by molar-refractivity contribution is 5.94. The number of esters is 9. The first-order valence-electron chi connectivity index (χ1n) is 36.0. The lowest BCUT2D eigenvalue weighted by Gasteiger charge is -2.47. The summed E-state index contributed by atoms with van der Waals surface area (Å²) in [7, 11) is 0. The molecule has 25 nitrogen and oxygen atoms in total. The topological polar surface area (TPSA) is 312 Å². The normalized spacial score (nSPS) is 23.1. The van der Waals surface area contributed by atoms with E-state index in [-0.39, 0.29) is 56.7 Å². The highest BCUT2D eigenvalue weighted by Crippen LogP contribution is 2.37. The SMILES string of the molecule is O=C(OC[C@H]1O[C@@H](OC[C@H]2O[C@@H](OC[C@H]3O[C@@H](OCc4ccccc4)[C@H](OC(=O)c4ccccc4)[C@@H](OC(=O)c4ccccc4)[C@H]3OC(=O)c3ccccc3)[C@H](O)[C@@H](OC(=O)c3ccccc3)[C@H]2OC(=O)c2ccccc2)[C@H](OC(=O)c2ccccc2)[C@@H](OC(=O)c2ccccc2)[C@H]1OC(=O)c1ccccc1)c1ccccc1. The minimum atomic E-state index is -2.20. The Morgan fingerprint density at radius 2 is 0.442 bits per heavy atom. The monoisotopic (exact) mass is 1530 g/mol. The maximum absolute atomic E-state index is 14.7. The molecule has 15 atom stereocenters. The van der Waals surface area contributed by atoms with Gasteiger partial charge >= 0.3 is 53.7 Å². The van der Waals surface area contributed by atoms with Gasteiger partial charge in [-0.15, -0.1) is 0 Å². The molecule has 0 unspecified atom stereocenters. The predicted octanol–water partition coefficient (Wildman–Crippen LogP) is 11.4. The summed E-state index contributed by atoms with van der Waals surface area (Å²) in [5, 5.41) is 13.0. The minimum absolute atomic E-state index is 0.0107. The van der Waals surface area contributed by atoms with E-state index in [4.69, 9.17) is 71.1 Å². The van der Waals surface area contributed by atoms with Crippen molar-refractivity contribution < 1.29 is 119 Å². The first kappa shape index (κ1) is 78.3. The highest BCUT2D eigenvalue weighted by Gasteiger charge is 2.58. The number of hydrogen-bond acceptors (Lipinski definition) is 25.